The SMILES string of the molecule is CC(C)CC(C)N(C)CC(C)(C)C(=O)c1ccccc1. The minimum Gasteiger partial charge on any atom is -0.303 e. The van der Waals surface area contributed by atoms with E-state index in [4.69, 9.17) is 0 Å². The lowest BCUT2D eigenvalue weighted by atomic mass is 9.83. The van der Waals surface area contributed by atoms with Crippen LogP contribution in [0, 0.1) is 11.3 Å². The Hall–Kier alpha value is -1.15. The number of nitrogens with zero attached hydrogens (tertiary/aromatic N) is 1. The molecule has 0 aliphatic carbocycles. The van der Waals surface area contributed by atoms with Crippen molar-refractivity contribution in [2.75, 3.05) is 13.6 Å². The third-order valence-electron chi connectivity index (χ3n) is 3.86. The average Bonchev–Trinajstić information content (AvgIpc) is 2.37. The van der Waals surface area contributed by atoms with Gasteiger partial charge in [0.25, 0.3) is 0 Å². The van der Waals surface area contributed by atoms with Gasteiger partial charge >= 0.3 is 0 Å². The molecule has 0 bridgehead atoms. The monoisotopic (exact) mass is 275 g/mol. The van der Waals surface area contributed by atoms with Gasteiger partial charge in [-0.1, -0.05) is 58.0 Å². The number of rotatable bonds is 7. The first-order valence-electron chi connectivity index (χ1n) is 7.54. The molecule has 1 aromatic carbocycles. The highest BCUT2D eigenvalue weighted by atomic mass is 16.1. The van der Waals surface area contributed by atoms with Gasteiger partial charge in [-0.25, -0.2) is 0 Å². The lowest BCUT2D eigenvalue weighted by Gasteiger charge is -2.33. The van der Waals surface area contributed by atoms with Crippen LogP contribution in [0.4, 0.5) is 0 Å². The molecular formula is C18H29NO. The quantitative estimate of drug-likeness (QED) is 0.693. The van der Waals surface area contributed by atoms with E-state index in [1.165, 1.54) is 0 Å². The summed E-state index contributed by atoms with van der Waals surface area (Å²) in [5, 5.41) is 0. The van der Waals surface area contributed by atoms with Crippen molar-refractivity contribution in [3.05, 3.63) is 35.9 Å². The fourth-order valence-corrected chi connectivity index (χ4v) is 2.69. The zero-order valence-electron chi connectivity index (χ0n) is 13.8. The molecule has 1 rings (SSSR count). The first kappa shape index (κ1) is 16.9. The van der Waals surface area contributed by atoms with Crippen LogP contribution in [-0.4, -0.2) is 30.3 Å². The van der Waals surface area contributed by atoms with Crippen LogP contribution in [0.5, 0.6) is 0 Å². The second-order valence-corrected chi connectivity index (χ2v) is 6.97. The van der Waals surface area contributed by atoms with Gasteiger partial charge in [0.05, 0.1) is 0 Å². The summed E-state index contributed by atoms with van der Waals surface area (Å²) in [4.78, 5) is 14.9. The van der Waals surface area contributed by atoms with E-state index in [-0.39, 0.29) is 11.2 Å². The summed E-state index contributed by atoms with van der Waals surface area (Å²) in [6, 6.07) is 10.1. The van der Waals surface area contributed by atoms with Crippen LogP contribution in [0.2, 0.25) is 0 Å². The van der Waals surface area contributed by atoms with Crippen molar-refractivity contribution in [3.63, 3.8) is 0 Å². The lowest BCUT2D eigenvalue weighted by molar-refractivity contribution is 0.0747. The molecule has 0 saturated heterocycles. The lowest BCUT2D eigenvalue weighted by Crippen LogP contribution is -2.41. The fraction of sp³-hybridized carbons (Fsp3) is 0.611. The average molecular weight is 275 g/mol. The molecule has 2 heteroatoms. The summed E-state index contributed by atoms with van der Waals surface area (Å²) in [6.07, 6.45) is 1.16. The minimum absolute atomic E-state index is 0.224. The molecule has 2 nitrogen and oxygen atoms in total. The Morgan fingerprint density at radius 1 is 1.15 bits per heavy atom. The Morgan fingerprint density at radius 3 is 2.20 bits per heavy atom. The molecule has 0 heterocycles. The van der Waals surface area contributed by atoms with Crippen LogP contribution in [0.25, 0.3) is 0 Å². The van der Waals surface area contributed by atoms with Crippen molar-refractivity contribution in [2.24, 2.45) is 11.3 Å². The minimum atomic E-state index is -0.360. The Morgan fingerprint density at radius 2 is 1.70 bits per heavy atom. The summed E-state index contributed by atoms with van der Waals surface area (Å²) >= 11 is 0. The van der Waals surface area contributed by atoms with Crippen LogP contribution in [0.3, 0.4) is 0 Å². The Labute approximate surface area is 124 Å². The molecule has 0 saturated carbocycles. The molecule has 1 atom stereocenters. The van der Waals surface area contributed by atoms with Gasteiger partial charge in [-0.15, -0.1) is 0 Å². The predicted molar refractivity (Wildman–Crippen MR) is 86.1 cm³/mol. The third-order valence-corrected chi connectivity index (χ3v) is 3.86. The third kappa shape index (κ3) is 4.75. The van der Waals surface area contributed by atoms with Gasteiger partial charge in [-0.05, 0) is 26.3 Å². The summed E-state index contributed by atoms with van der Waals surface area (Å²) in [7, 11) is 2.12. The topological polar surface area (TPSA) is 20.3 Å². The van der Waals surface area contributed by atoms with Gasteiger partial charge in [0.15, 0.2) is 5.78 Å². The molecule has 1 aromatic rings. The number of ketones is 1. The maximum atomic E-state index is 12.6. The van der Waals surface area contributed by atoms with Crippen molar-refractivity contribution in [3.8, 4) is 0 Å². The molecule has 0 spiro atoms. The largest absolute Gasteiger partial charge is 0.303 e. The number of Topliss-reactive ketones (excluding diaryl/α,β-unsaturated/α-hetero) is 1. The van der Waals surface area contributed by atoms with Crippen LogP contribution in [-0.2, 0) is 0 Å². The summed E-state index contributed by atoms with van der Waals surface area (Å²) in [5.74, 6) is 0.905. The summed E-state index contributed by atoms with van der Waals surface area (Å²) in [5.41, 5.74) is 0.448. The van der Waals surface area contributed by atoms with E-state index in [1.54, 1.807) is 0 Å². The van der Waals surface area contributed by atoms with E-state index >= 15 is 0 Å². The van der Waals surface area contributed by atoms with Gasteiger partial charge in [-0.2, -0.15) is 0 Å². The van der Waals surface area contributed by atoms with E-state index in [0.717, 1.165) is 18.5 Å². The molecule has 0 amide bonds. The normalized spacial score (nSPS) is 13.8. The zero-order valence-corrected chi connectivity index (χ0v) is 13.8. The molecule has 20 heavy (non-hydrogen) atoms. The van der Waals surface area contributed by atoms with Gasteiger partial charge in [0.1, 0.15) is 0 Å². The molecule has 0 N–H and O–H groups in total. The van der Waals surface area contributed by atoms with Crippen LogP contribution < -0.4 is 0 Å². The highest BCUT2D eigenvalue weighted by molar-refractivity contribution is 6.00. The Kier molecular flexibility index (Phi) is 5.94. The van der Waals surface area contributed by atoms with Gasteiger partial charge < -0.3 is 4.90 Å². The highest BCUT2D eigenvalue weighted by Gasteiger charge is 2.31. The molecule has 1 unspecified atom stereocenters. The van der Waals surface area contributed by atoms with Gasteiger partial charge in [0, 0.05) is 23.6 Å². The standard InChI is InChI=1S/C18H29NO/c1-14(2)12-15(3)19(6)13-18(4,5)17(20)16-10-8-7-9-11-16/h7-11,14-15H,12-13H2,1-6H3. The number of hydrogen-bond donors (Lipinski definition) is 0. The highest BCUT2D eigenvalue weighted by Crippen LogP contribution is 2.24. The molecule has 112 valence electrons. The smallest absolute Gasteiger partial charge is 0.169 e. The maximum absolute atomic E-state index is 12.6. The second kappa shape index (κ2) is 7.03. The van der Waals surface area contributed by atoms with Crippen molar-refractivity contribution in [1.82, 2.24) is 4.90 Å². The van der Waals surface area contributed by atoms with Gasteiger partial charge in [0.2, 0.25) is 0 Å². The van der Waals surface area contributed by atoms with Crippen molar-refractivity contribution in [1.29, 1.82) is 0 Å². The molecule has 0 aromatic heterocycles. The molecule has 0 aliphatic rings. The second-order valence-electron chi connectivity index (χ2n) is 6.97. The van der Waals surface area contributed by atoms with Crippen LogP contribution in [0.1, 0.15) is 51.4 Å². The van der Waals surface area contributed by atoms with Crippen LogP contribution >= 0.6 is 0 Å². The van der Waals surface area contributed by atoms with E-state index in [2.05, 4.69) is 32.7 Å². The van der Waals surface area contributed by atoms with E-state index < -0.39 is 0 Å². The van der Waals surface area contributed by atoms with E-state index in [1.807, 2.05) is 44.2 Å². The summed E-state index contributed by atoms with van der Waals surface area (Å²) < 4.78 is 0. The van der Waals surface area contributed by atoms with Crippen molar-refractivity contribution < 1.29 is 4.79 Å². The molecule has 0 radical (unpaired) electrons. The maximum Gasteiger partial charge on any atom is 0.169 e. The van der Waals surface area contributed by atoms with Crippen molar-refractivity contribution >= 4 is 5.78 Å². The number of benzene rings is 1. The molecular weight excluding hydrogens is 246 g/mol. The fourth-order valence-electron chi connectivity index (χ4n) is 2.69. The molecule has 0 fully saturated rings. The van der Waals surface area contributed by atoms with Gasteiger partial charge in [-0.3, -0.25) is 4.79 Å². The van der Waals surface area contributed by atoms with Crippen molar-refractivity contribution in [2.45, 2.75) is 47.1 Å². The molecule has 0 aliphatic heterocycles. The Bertz CT molecular complexity index is 422. The van der Waals surface area contributed by atoms with Crippen LogP contribution in [0.15, 0.2) is 30.3 Å². The van der Waals surface area contributed by atoms with E-state index in [0.29, 0.717) is 12.0 Å². The summed E-state index contributed by atoms with van der Waals surface area (Å²) in [6.45, 7) is 11.6. The first-order valence-corrected chi connectivity index (χ1v) is 7.54. The predicted octanol–water partition coefficient (Wildman–Crippen LogP) is 4.26. The number of carbonyl (C=O) groups is 1. The number of carbonyl (C=O) groups excluding carboxylic acids is 1. The Balaban J connectivity index is 2.71. The number of hydrogen-bond acceptors (Lipinski definition) is 2. The first-order chi connectivity index (χ1) is 9.24. The zero-order chi connectivity index (χ0) is 15.3. The van der Waals surface area contributed by atoms with E-state index in [9.17, 15) is 4.79 Å².